The molecule has 6 heteroatoms. The minimum absolute atomic E-state index is 0.535. The third-order valence-corrected chi connectivity index (χ3v) is 4.53. The number of rotatable bonds is 3. The van der Waals surface area contributed by atoms with Crippen LogP contribution < -0.4 is 5.32 Å². The van der Waals surface area contributed by atoms with E-state index in [4.69, 9.17) is 23.2 Å². The summed E-state index contributed by atoms with van der Waals surface area (Å²) < 4.78 is 0. The van der Waals surface area contributed by atoms with Gasteiger partial charge in [0.05, 0.1) is 10.5 Å². The molecule has 0 aliphatic heterocycles. The molecule has 0 aliphatic rings. The standard InChI is InChI=1S/C15H13Cl2N3S/c1-3-18-14-10-4-9(16)5-12(17)13(10)19-15(20-14)11-7-21-6-8(11)2/h4-7H,3H2,1-2H3,(H,18,19,20). The Morgan fingerprint density at radius 3 is 2.67 bits per heavy atom. The third kappa shape index (κ3) is 2.71. The molecule has 0 radical (unpaired) electrons. The first-order valence-corrected chi connectivity index (χ1v) is 8.24. The number of nitrogens with zero attached hydrogens (tertiary/aromatic N) is 2. The first-order valence-electron chi connectivity index (χ1n) is 6.54. The number of nitrogens with one attached hydrogen (secondary N) is 1. The minimum Gasteiger partial charge on any atom is -0.370 e. The van der Waals surface area contributed by atoms with Crippen LogP contribution in [0.4, 0.5) is 5.82 Å². The van der Waals surface area contributed by atoms with E-state index in [9.17, 15) is 0 Å². The largest absolute Gasteiger partial charge is 0.370 e. The maximum absolute atomic E-state index is 6.31. The molecule has 0 aliphatic carbocycles. The van der Waals surface area contributed by atoms with Gasteiger partial charge in [-0.2, -0.15) is 11.3 Å². The Bertz CT molecular complexity index is 814. The van der Waals surface area contributed by atoms with Crippen molar-refractivity contribution in [3.8, 4) is 11.4 Å². The molecule has 0 unspecified atom stereocenters. The predicted molar refractivity (Wildman–Crippen MR) is 91.8 cm³/mol. The summed E-state index contributed by atoms with van der Waals surface area (Å²) in [5.74, 6) is 1.44. The Balaban J connectivity index is 2.32. The van der Waals surface area contributed by atoms with Gasteiger partial charge in [0.1, 0.15) is 5.82 Å². The quantitative estimate of drug-likeness (QED) is 0.694. The molecular weight excluding hydrogens is 325 g/mol. The molecule has 3 nitrogen and oxygen atoms in total. The highest BCUT2D eigenvalue weighted by Crippen LogP contribution is 2.33. The highest BCUT2D eigenvalue weighted by atomic mass is 35.5. The van der Waals surface area contributed by atoms with Crippen LogP contribution in [0.1, 0.15) is 12.5 Å². The van der Waals surface area contributed by atoms with Crippen molar-refractivity contribution in [2.45, 2.75) is 13.8 Å². The summed E-state index contributed by atoms with van der Waals surface area (Å²) in [5.41, 5.74) is 2.91. The number of hydrogen-bond acceptors (Lipinski definition) is 4. The van der Waals surface area contributed by atoms with Gasteiger partial charge in [-0.15, -0.1) is 0 Å². The van der Waals surface area contributed by atoms with E-state index in [-0.39, 0.29) is 0 Å². The summed E-state index contributed by atoms with van der Waals surface area (Å²) in [5, 5.41) is 9.35. The molecule has 1 N–H and O–H groups in total. The van der Waals surface area contributed by atoms with Gasteiger partial charge < -0.3 is 5.32 Å². The molecule has 3 aromatic rings. The number of aromatic nitrogens is 2. The van der Waals surface area contributed by atoms with Crippen LogP contribution in [0.15, 0.2) is 22.9 Å². The van der Waals surface area contributed by atoms with Crippen molar-refractivity contribution in [3.05, 3.63) is 38.5 Å². The fraction of sp³-hybridized carbons (Fsp3) is 0.200. The molecule has 0 atom stereocenters. The fourth-order valence-electron chi connectivity index (χ4n) is 2.17. The van der Waals surface area contributed by atoms with Gasteiger partial charge in [0.2, 0.25) is 0 Å². The maximum atomic E-state index is 6.31. The second-order valence-corrected chi connectivity index (χ2v) is 6.27. The predicted octanol–water partition coefficient (Wildman–Crippen LogP) is 5.41. The van der Waals surface area contributed by atoms with E-state index in [1.54, 1.807) is 17.4 Å². The van der Waals surface area contributed by atoms with E-state index in [1.807, 2.05) is 13.0 Å². The SMILES string of the molecule is CCNc1nc(-c2cscc2C)nc2c(Cl)cc(Cl)cc12. The zero-order valence-electron chi connectivity index (χ0n) is 11.6. The molecule has 3 rings (SSSR count). The summed E-state index contributed by atoms with van der Waals surface area (Å²) in [4.78, 5) is 9.27. The van der Waals surface area contributed by atoms with Gasteiger partial charge in [-0.1, -0.05) is 23.2 Å². The molecule has 21 heavy (non-hydrogen) atoms. The van der Waals surface area contributed by atoms with Crippen molar-refractivity contribution in [1.29, 1.82) is 0 Å². The monoisotopic (exact) mass is 337 g/mol. The number of benzene rings is 1. The smallest absolute Gasteiger partial charge is 0.163 e. The van der Waals surface area contributed by atoms with E-state index in [1.165, 1.54) is 0 Å². The van der Waals surface area contributed by atoms with Crippen LogP contribution in [0, 0.1) is 6.92 Å². The molecular formula is C15H13Cl2N3S. The van der Waals surface area contributed by atoms with Gasteiger partial charge in [0.15, 0.2) is 5.82 Å². The van der Waals surface area contributed by atoms with E-state index in [2.05, 4.69) is 33.0 Å². The van der Waals surface area contributed by atoms with Crippen molar-refractivity contribution in [1.82, 2.24) is 9.97 Å². The number of fused-ring (bicyclic) bond motifs is 1. The Kier molecular flexibility index (Phi) is 4.02. The van der Waals surface area contributed by atoms with E-state index in [0.29, 0.717) is 21.4 Å². The number of hydrogen-bond donors (Lipinski definition) is 1. The summed E-state index contributed by atoms with van der Waals surface area (Å²) >= 11 is 14.0. The molecule has 0 spiro atoms. The average molecular weight is 338 g/mol. The van der Waals surface area contributed by atoms with Crippen molar-refractivity contribution in [2.24, 2.45) is 0 Å². The van der Waals surface area contributed by atoms with Gasteiger partial charge >= 0.3 is 0 Å². The third-order valence-electron chi connectivity index (χ3n) is 3.16. The van der Waals surface area contributed by atoms with E-state index in [0.717, 1.165) is 28.9 Å². The summed E-state index contributed by atoms with van der Waals surface area (Å²) in [6.45, 7) is 4.84. The first-order chi connectivity index (χ1) is 10.1. The second kappa shape index (κ2) is 5.79. The highest BCUT2D eigenvalue weighted by Gasteiger charge is 2.14. The first kappa shape index (κ1) is 14.6. The van der Waals surface area contributed by atoms with E-state index >= 15 is 0 Å². The summed E-state index contributed by atoms with van der Waals surface area (Å²) in [6.07, 6.45) is 0. The van der Waals surface area contributed by atoms with Crippen LogP contribution in [-0.4, -0.2) is 16.5 Å². The van der Waals surface area contributed by atoms with Crippen LogP contribution in [0.25, 0.3) is 22.3 Å². The van der Waals surface area contributed by atoms with Crippen LogP contribution >= 0.6 is 34.5 Å². The van der Waals surface area contributed by atoms with Crippen LogP contribution in [0.5, 0.6) is 0 Å². The van der Waals surface area contributed by atoms with Gasteiger partial charge in [-0.05, 0) is 36.9 Å². The summed E-state index contributed by atoms with van der Waals surface area (Å²) in [7, 11) is 0. The van der Waals surface area contributed by atoms with Crippen molar-refractivity contribution in [3.63, 3.8) is 0 Å². The topological polar surface area (TPSA) is 37.8 Å². The molecule has 108 valence electrons. The van der Waals surface area contributed by atoms with Gasteiger partial charge in [-0.3, -0.25) is 0 Å². The molecule has 1 aromatic carbocycles. The normalized spacial score (nSPS) is 11.0. The highest BCUT2D eigenvalue weighted by molar-refractivity contribution is 7.08. The van der Waals surface area contributed by atoms with Crippen molar-refractivity contribution < 1.29 is 0 Å². The van der Waals surface area contributed by atoms with Gasteiger partial charge in [0, 0.05) is 27.9 Å². The van der Waals surface area contributed by atoms with Crippen molar-refractivity contribution in [2.75, 3.05) is 11.9 Å². The molecule has 0 bridgehead atoms. The lowest BCUT2D eigenvalue weighted by atomic mass is 10.2. The molecule has 0 fully saturated rings. The second-order valence-electron chi connectivity index (χ2n) is 4.68. The van der Waals surface area contributed by atoms with Crippen LogP contribution in [-0.2, 0) is 0 Å². The van der Waals surface area contributed by atoms with Crippen molar-refractivity contribution >= 4 is 51.3 Å². The zero-order chi connectivity index (χ0) is 15.0. The maximum Gasteiger partial charge on any atom is 0.163 e. The molecule has 2 aromatic heterocycles. The number of aryl methyl sites for hydroxylation is 1. The lowest BCUT2D eigenvalue weighted by molar-refractivity contribution is 1.14. The fourth-order valence-corrected chi connectivity index (χ4v) is 3.53. The van der Waals surface area contributed by atoms with E-state index < -0.39 is 0 Å². The molecule has 2 heterocycles. The molecule has 0 saturated carbocycles. The summed E-state index contributed by atoms with van der Waals surface area (Å²) in [6, 6.07) is 3.55. The van der Waals surface area contributed by atoms with Gasteiger partial charge in [0.25, 0.3) is 0 Å². The molecule has 0 amide bonds. The van der Waals surface area contributed by atoms with Gasteiger partial charge in [-0.25, -0.2) is 9.97 Å². The Morgan fingerprint density at radius 1 is 1.19 bits per heavy atom. The lowest BCUT2D eigenvalue weighted by Crippen LogP contribution is -2.03. The lowest BCUT2D eigenvalue weighted by Gasteiger charge is -2.11. The number of halogens is 2. The number of thiophene rings is 1. The van der Waals surface area contributed by atoms with Crippen LogP contribution in [0.3, 0.4) is 0 Å². The average Bonchev–Trinajstić information content (AvgIpc) is 2.86. The Labute approximate surface area is 137 Å². The Hall–Kier alpha value is -1.36. The minimum atomic E-state index is 0.535. The molecule has 0 saturated heterocycles. The number of anilines is 1. The van der Waals surface area contributed by atoms with Crippen LogP contribution in [0.2, 0.25) is 10.0 Å². The Morgan fingerprint density at radius 2 is 2.00 bits per heavy atom. The zero-order valence-corrected chi connectivity index (χ0v) is 13.9.